The minimum absolute atomic E-state index is 0.328. The van der Waals surface area contributed by atoms with Gasteiger partial charge in [0.1, 0.15) is 11.5 Å². The van der Waals surface area contributed by atoms with E-state index in [2.05, 4.69) is 4.98 Å². The fraction of sp³-hybridized carbons (Fsp3) is 0.444. The normalized spacial score (nSPS) is 10.4. The molecular formula is C9H14N2O3. The number of methoxy groups -OCH3 is 2. The molecule has 0 aliphatic heterocycles. The standard InChI is InChI=1S/C9H14N2O3/c1-11(12)6-7-8(13-2)4-10-5-9(7)14-3/h4-5,12H,6H2,1-3H3. The van der Waals surface area contributed by atoms with Gasteiger partial charge >= 0.3 is 0 Å². The number of aromatic nitrogens is 1. The lowest BCUT2D eigenvalue weighted by Crippen LogP contribution is -2.13. The highest BCUT2D eigenvalue weighted by atomic mass is 16.5. The molecule has 0 unspecified atom stereocenters. The van der Waals surface area contributed by atoms with Crippen LogP contribution in [0, 0.1) is 0 Å². The second-order valence-electron chi connectivity index (χ2n) is 2.84. The van der Waals surface area contributed by atoms with Crippen molar-refractivity contribution in [3.63, 3.8) is 0 Å². The van der Waals surface area contributed by atoms with Gasteiger partial charge in [-0.25, -0.2) is 0 Å². The van der Waals surface area contributed by atoms with Crippen molar-refractivity contribution < 1.29 is 14.7 Å². The summed E-state index contributed by atoms with van der Waals surface area (Å²) in [5.74, 6) is 1.20. The second-order valence-corrected chi connectivity index (χ2v) is 2.84. The maximum Gasteiger partial charge on any atom is 0.145 e. The summed E-state index contributed by atoms with van der Waals surface area (Å²) in [6.45, 7) is 0.328. The van der Waals surface area contributed by atoms with Crippen molar-refractivity contribution in [2.75, 3.05) is 21.3 Å². The lowest BCUT2D eigenvalue weighted by atomic mass is 10.2. The number of nitrogens with zero attached hydrogens (tertiary/aromatic N) is 2. The molecule has 0 radical (unpaired) electrons. The van der Waals surface area contributed by atoms with Crippen LogP contribution in [0.25, 0.3) is 0 Å². The molecule has 5 heteroatoms. The van der Waals surface area contributed by atoms with Crippen LogP contribution in [0.15, 0.2) is 12.4 Å². The van der Waals surface area contributed by atoms with Crippen LogP contribution in [0.5, 0.6) is 11.5 Å². The molecule has 1 heterocycles. The van der Waals surface area contributed by atoms with Crippen molar-refractivity contribution in [3.05, 3.63) is 18.0 Å². The van der Waals surface area contributed by atoms with Gasteiger partial charge < -0.3 is 14.7 Å². The van der Waals surface area contributed by atoms with Gasteiger partial charge in [0.25, 0.3) is 0 Å². The Hall–Kier alpha value is -1.33. The summed E-state index contributed by atoms with van der Waals surface area (Å²) in [4.78, 5) is 3.94. The third kappa shape index (κ3) is 2.34. The molecule has 0 saturated heterocycles. The van der Waals surface area contributed by atoms with Gasteiger partial charge in [-0.15, -0.1) is 0 Å². The van der Waals surface area contributed by atoms with Gasteiger partial charge in [-0.3, -0.25) is 4.98 Å². The van der Waals surface area contributed by atoms with Crippen molar-refractivity contribution in [1.82, 2.24) is 10.0 Å². The van der Waals surface area contributed by atoms with Crippen molar-refractivity contribution in [2.24, 2.45) is 0 Å². The first-order chi connectivity index (χ1) is 6.69. The van der Waals surface area contributed by atoms with Gasteiger partial charge in [0.2, 0.25) is 0 Å². The summed E-state index contributed by atoms with van der Waals surface area (Å²) in [5, 5.41) is 10.2. The summed E-state index contributed by atoms with van der Waals surface area (Å²) in [5.41, 5.74) is 0.773. The highest BCUT2D eigenvalue weighted by molar-refractivity contribution is 5.41. The SMILES string of the molecule is COc1cncc(OC)c1CN(C)O. The maximum absolute atomic E-state index is 9.15. The molecule has 14 heavy (non-hydrogen) atoms. The van der Waals surface area contributed by atoms with Gasteiger partial charge in [0.05, 0.1) is 38.7 Å². The lowest BCUT2D eigenvalue weighted by Gasteiger charge is -2.14. The van der Waals surface area contributed by atoms with Crippen LogP contribution in [0.1, 0.15) is 5.56 Å². The molecule has 1 aromatic heterocycles. The smallest absolute Gasteiger partial charge is 0.145 e. The molecule has 78 valence electrons. The number of hydrogen-bond donors (Lipinski definition) is 1. The first kappa shape index (κ1) is 10.7. The van der Waals surface area contributed by atoms with E-state index >= 15 is 0 Å². The molecular weight excluding hydrogens is 184 g/mol. The van der Waals surface area contributed by atoms with E-state index in [1.54, 1.807) is 33.7 Å². The molecule has 0 spiro atoms. The second kappa shape index (κ2) is 4.78. The largest absolute Gasteiger partial charge is 0.495 e. The van der Waals surface area contributed by atoms with Crippen molar-refractivity contribution >= 4 is 0 Å². The Morgan fingerprint density at radius 3 is 2.14 bits per heavy atom. The number of rotatable bonds is 4. The molecule has 0 saturated carbocycles. The van der Waals surface area contributed by atoms with Crippen LogP contribution in [0.4, 0.5) is 0 Å². The minimum atomic E-state index is 0.328. The van der Waals surface area contributed by atoms with Crippen molar-refractivity contribution in [1.29, 1.82) is 0 Å². The Morgan fingerprint density at radius 1 is 1.29 bits per heavy atom. The Morgan fingerprint density at radius 2 is 1.79 bits per heavy atom. The predicted octanol–water partition coefficient (Wildman–Crippen LogP) is 0.920. The monoisotopic (exact) mass is 198 g/mol. The summed E-state index contributed by atoms with van der Waals surface area (Å²) < 4.78 is 10.2. The van der Waals surface area contributed by atoms with E-state index in [0.717, 1.165) is 10.6 Å². The average Bonchev–Trinajstić information content (AvgIpc) is 2.17. The van der Waals surface area contributed by atoms with E-state index in [9.17, 15) is 0 Å². The van der Waals surface area contributed by atoms with Gasteiger partial charge in [-0.05, 0) is 0 Å². The zero-order valence-electron chi connectivity index (χ0n) is 8.52. The molecule has 1 rings (SSSR count). The molecule has 0 aliphatic rings. The summed E-state index contributed by atoms with van der Waals surface area (Å²) in [6.07, 6.45) is 3.17. The van der Waals surface area contributed by atoms with Crippen LogP contribution in [-0.4, -0.2) is 36.5 Å². The van der Waals surface area contributed by atoms with E-state index in [1.807, 2.05) is 0 Å². The number of hydroxylamine groups is 2. The number of ether oxygens (including phenoxy) is 2. The molecule has 0 aromatic carbocycles. The summed E-state index contributed by atoms with van der Waals surface area (Å²) in [7, 11) is 4.66. The zero-order chi connectivity index (χ0) is 10.6. The Labute approximate surface area is 82.8 Å². The van der Waals surface area contributed by atoms with E-state index in [4.69, 9.17) is 14.7 Å². The first-order valence-electron chi connectivity index (χ1n) is 4.14. The highest BCUT2D eigenvalue weighted by Crippen LogP contribution is 2.27. The van der Waals surface area contributed by atoms with Gasteiger partial charge in [0.15, 0.2) is 0 Å². The molecule has 0 bridgehead atoms. The molecule has 0 aliphatic carbocycles. The van der Waals surface area contributed by atoms with Crippen LogP contribution in [0.3, 0.4) is 0 Å². The molecule has 5 nitrogen and oxygen atoms in total. The number of hydrogen-bond acceptors (Lipinski definition) is 5. The summed E-state index contributed by atoms with van der Waals surface area (Å²) in [6, 6.07) is 0. The van der Waals surface area contributed by atoms with Crippen molar-refractivity contribution in [2.45, 2.75) is 6.54 Å². The van der Waals surface area contributed by atoms with Gasteiger partial charge in [-0.2, -0.15) is 5.06 Å². The zero-order valence-corrected chi connectivity index (χ0v) is 8.52. The predicted molar refractivity (Wildman–Crippen MR) is 50.6 cm³/mol. The van der Waals surface area contributed by atoms with Crippen molar-refractivity contribution in [3.8, 4) is 11.5 Å². The van der Waals surface area contributed by atoms with Crippen LogP contribution >= 0.6 is 0 Å². The van der Waals surface area contributed by atoms with Gasteiger partial charge in [-0.1, -0.05) is 0 Å². The lowest BCUT2D eigenvalue weighted by molar-refractivity contribution is -0.0739. The van der Waals surface area contributed by atoms with E-state index < -0.39 is 0 Å². The minimum Gasteiger partial charge on any atom is -0.495 e. The van der Waals surface area contributed by atoms with E-state index in [0.29, 0.717) is 18.0 Å². The number of pyridine rings is 1. The van der Waals surface area contributed by atoms with E-state index in [1.165, 1.54) is 0 Å². The Bertz CT molecular complexity index is 280. The van der Waals surface area contributed by atoms with Crippen LogP contribution in [-0.2, 0) is 6.54 Å². The molecule has 1 aromatic rings. The third-order valence-electron chi connectivity index (χ3n) is 1.81. The molecule has 0 amide bonds. The molecule has 1 N–H and O–H groups in total. The quantitative estimate of drug-likeness (QED) is 0.729. The highest BCUT2D eigenvalue weighted by Gasteiger charge is 2.11. The van der Waals surface area contributed by atoms with Crippen LogP contribution < -0.4 is 9.47 Å². The summed E-state index contributed by atoms with van der Waals surface area (Å²) >= 11 is 0. The van der Waals surface area contributed by atoms with Gasteiger partial charge in [0, 0.05) is 7.05 Å². The fourth-order valence-electron chi connectivity index (χ4n) is 1.19. The third-order valence-corrected chi connectivity index (χ3v) is 1.81. The first-order valence-corrected chi connectivity index (χ1v) is 4.14. The molecule has 0 fully saturated rings. The van der Waals surface area contributed by atoms with Crippen LogP contribution in [0.2, 0.25) is 0 Å². The average molecular weight is 198 g/mol. The molecule has 0 atom stereocenters. The maximum atomic E-state index is 9.15. The Balaban J connectivity index is 3.05. The van der Waals surface area contributed by atoms with E-state index in [-0.39, 0.29) is 0 Å². The fourth-order valence-corrected chi connectivity index (χ4v) is 1.19. The topological polar surface area (TPSA) is 54.8 Å². The Kier molecular flexibility index (Phi) is 3.67.